The van der Waals surface area contributed by atoms with E-state index in [0.29, 0.717) is 42.6 Å². The van der Waals surface area contributed by atoms with Crippen LogP contribution in [0.2, 0.25) is 5.02 Å². The maximum absolute atomic E-state index is 12.6. The number of piperazine rings is 1. The summed E-state index contributed by atoms with van der Waals surface area (Å²) >= 11 is 6.01. The Balaban J connectivity index is 1.96. The number of ether oxygens (including phenoxy) is 1. The van der Waals surface area contributed by atoms with Crippen LogP contribution in [0.1, 0.15) is 0 Å². The SMILES string of the molecule is COc1ccc(Cl)cc1-n1cc(S(=O)(=O)N2CCNCC2)cn1. The van der Waals surface area contributed by atoms with Gasteiger partial charge in [0.05, 0.1) is 19.5 Å². The molecule has 9 heteroatoms. The first-order valence-corrected chi connectivity index (χ1v) is 8.93. The summed E-state index contributed by atoms with van der Waals surface area (Å²) in [5.41, 5.74) is 0.585. The molecule has 0 unspecified atom stereocenters. The number of nitrogens with one attached hydrogen (secondary N) is 1. The Kier molecular flexibility index (Phi) is 4.58. The van der Waals surface area contributed by atoms with E-state index >= 15 is 0 Å². The van der Waals surface area contributed by atoms with Crippen LogP contribution in [0.25, 0.3) is 5.69 Å². The quantitative estimate of drug-likeness (QED) is 0.888. The minimum Gasteiger partial charge on any atom is -0.494 e. The van der Waals surface area contributed by atoms with Gasteiger partial charge in [0.15, 0.2) is 0 Å². The summed E-state index contributed by atoms with van der Waals surface area (Å²) in [5, 5.41) is 7.80. The summed E-state index contributed by atoms with van der Waals surface area (Å²) in [6, 6.07) is 5.09. The molecule has 1 N–H and O–H groups in total. The van der Waals surface area contributed by atoms with E-state index in [1.165, 1.54) is 28.5 Å². The fraction of sp³-hybridized carbons (Fsp3) is 0.357. The van der Waals surface area contributed by atoms with Crippen molar-refractivity contribution in [3.05, 3.63) is 35.6 Å². The van der Waals surface area contributed by atoms with Crippen LogP contribution in [0.3, 0.4) is 0 Å². The fourth-order valence-corrected chi connectivity index (χ4v) is 3.99. The number of nitrogens with zero attached hydrogens (tertiary/aromatic N) is 3. The number of benzene rings is 1. The van der Waals surface area contributed by atoms with Gasteiger partial charge in [-0.3, -0.25) is 0 Å². The van der Waals surface area contributed by atoms with Crippen LogP contribution in [0, 0.1) is 0 Å². The number of halogens is 1. The Bertz CT molecular complexity index is 800. The van der Waals surface area contributed by atoms with Crippen molar-refractivity contribution in [1.82, 2.24) is 19.4 Å². The van der Waals surface area contributed by atoms with Crippen molar-refractivity contribution in [2.75, 3.05) is 33.3 Å². The molecule has 1 aliphatic heterocycles. The lowest BCUT2D eigenvalue weighted by molar-refractivity contribution is 0.360. The molecule has 23 heavy (non-hydrogen) atoms. The molecule has 0 radical (unpaired) electrons. The highest BCUT2D eigenvalue weighted by Gasteiger charge is 2.27. The van der Waals surface area contributed by atoms with Gasteiger partial charge in [-0.2, -0.15) is 9.40 Å². The first kappa shape index (κ1) is 16.3. The van der Waals surface area contributed by atoms with Gasteiger partial charge >= 0.3 is 0 Å². The molecule has 0 saturated carbocycles. The van der Waals surface area contributed by atoms with Crippen molar-refractivity contribution >= 4 is 21.6 Å². The predicted molar refractivity (Wildman–Crippen MR) is 86.8 cm³/mol. The molecule has 0 spiro atoms. The second-order valence-corrected chi connectivity index (χ2v) is 7.47. The van der Waals surface area contributed by atoms with Gasteiger partial charge in [-0.25, -0.2) is 13.1 Å². The molecule has 1 aromatic carbocycles. The van der Waals surface area contributed by atoms with Crippen molar-refractivity contribution < 1.29 is 13.2 Å². The summed E-state index contributed by atoms with van der Waals surface area (Å²) in [6.45, 7) is 2.20. The van der Waals surface area contributed by atoms with E-state index in [-0.39, 0.29) is 4.90 Å². The topological polar surface area (TPSA) is 76.5 Å². The fourth-order valence-electron chi connectivity index (χ4n) is 2.45. The summed E-state index contributed by atoms with van der Waals surface area (Å²) < 4.78 is 33.5. The van der Waals surface area contributed by atoms with Crippen molar-refractivity contribution in [3.63, 3.8) is 0 Å². The van der Waals surface area contributed by atoms with Gasteiger partial charge < -0.3 is 10.1 Å². The average molecular weight is 357 g/mol. The van der Waals surface area contributed by atoms with Crippen molar-refractivity contribution in [2.45, 2.75) is 4.90 Å². The number of rotatable bonds is 4. The summed E-state index contributed by atoms with van der Waals surface area (Å²) in [7, 11) is -2.01. The second kappa shape index (κ2) is 6.48. The summed E-state index contributed by atoms with van der Waals surface area (Å²) in [5.74, 6) is 0.559. The molecule has 0 atom stereocenters. The maximum atomic E-state index is 12.6. The monoisotopic (exact) mass is 356 g/mol. The van der Waals surface area contributed by atoms with E-state index in [1.807, 2.05) is 0 Å². The summed E-state index contributed by atoms with van der Waals surface area (Å²) in [6.07, 6.45) is 2.82. The lowest BCUT2D eigenvalue weighted by Crippen LogP contribution is -2.46. The summed E-state index contributed by atoms with van der Waals surface area (Å²) in [4.78, 5) is 0.154. The van der Waals surface area contributed by atoms with Crippen LogP contribution in [0.5, 0.6) is 5.75 Å². The third-order valence-electron chi connectivity index (χ3n) is 3.66. The zero-order chi connectivity index (χ0) is 16.4. The number of hydrogen-bond acceptors (Lipinski definition) is 5. The number of aromatic nitrogens is 2. The van der Waals surface area contributed by atoms with Gasteiger partial charge in [-0.05, 0) is 18.2 Å². The maximum Gasteiger partial charge on any atom is 0.246 e. The van der Waals surface area contributed by atoms with Gasteiger partial charge in [0.2, 0.25) is 10.0 Å². The Morgan fingerprint density at radius 1 is 1.30 bits per heavy atom. The third-order valence-corrected chi connectivity index (χ3v) is 5.75. The molecule has 3 rings (SSSR count). The van der Waals surface area contributed by atoms with Crippen molar-refractivity contribution in [2.24, 2.45) is 0 Å². The molecule has 1 fully saturated rings. The van der Waals surface area contributed by atoms with E-state index in [9.17, 15) is 8.42 Å². The normalized spacial score (nSPS) is 16.4. The molecule has 2 heterocycles. The number of methoxy groups -OCH3 is 1. The molecule has 0 amide bonds. The number of hydrogen-bond donors (Lipinski definition) is 1. The number of sulfonamides is 1. The Hall–Kier alpha value is -1.61. The lowest BCUT2D eigenvalue weighted by Gasteiger charge is -2.25. The van der Waals surface area contributed by atoms with Crippen LogP contribution in [-0.2, 0) is 10.0 Å². The molecule has 0 aliphatic carbocycles. The molecule has 2 aromatic rings. The first-order chi connectivity index (χ1) is 11.0. The molecule has 124 valence electrons. The van der Waals surface area contributed by atoms with Crippen molar-refractivity contribution in [1.29, 1.82) is 0 Å². The average Bonchev–Trinajstić information content (AvgIpc) is 3.06. The van der Waals surface area contributed by atoms with Crippen molar-refractivity contribution in [3.8, 4) is 11.4 Å². The molecule has 1 aromatic heterocycles. The Labute approximate surface area is 139 Å². The second-order valence-electron chi connectivity index (χ2n) is 5.09. The third kappa shape index (κ3) is 3.20. The standard InChI is InChI=1S/C14H17ClN4O3S/c1-22-14-3-2-11(15)8-13(14)19-10-12(9-17-19)23(20,21)18-6-4-16-5-7-18/h2-3,8-10,16H,4-7H2,1H3. The van der Waals surface area contributed by atoms with Gasteiger partial charge in [-0.1, -0.05) is 11.6 Å². The van der Waals surface area contributed by atoms with E-state index in [0.717, 1.165) is 0 Å². The zero-order valence-electron chi connectivity index (χ0n) is 12.6. The molecular weight excluding hydrogens is 340 g/mol. The van der Waals surface area contributed by atoms with Gasteiger partial charge in [0, 0.05) is 31.2 Å². The van der Waals surface area contributed by atoms with Gasteiger partial charge in [0.25, 0.3) is 0 Å². The van der Waals surface area contributed by atoms with Gasteiger partial charge in [-0.15, -0.1) is 0 Å². The Morgan fingerprint density at radius 3 is 2.74 bits per heavy atom. The van der Waals surface area contributed by atoms with Crippen LogP contribution < -0.4 is 10.1 Å². The van der Waals surface area contributed by atoms with Crippen LogP contribution in [0.15, 0.2) is 35.5 Å². The Morgan fingerprint density at radius 2 is 2.04 bits per heavy atom. The van der Waals surface area contributed by atoms with E-state index < -0.39 is 10.0 Å². The first-order valence-electron chi connectivity index (χ1n) is 7.12. The minimum atomic E-state index is -3.54. The van der Waals surface area contributed by atoms with E-state index in [1.54, 1.807) is 18.2 Å². The van der Waals surface area contributed by atoms with Crippen LogP contribution >= 0.6 is 11.6 Å². The lowest BCUT2D eigenvalue weighted by atomic mass is 10.3. The molecule has 7 nitrogen and oxygen atoms in total. The predicted octanol–water partition coefficient (Wildman–Crippen LogP) is 1.13. The highest BCUT2D eigenvalue weighted by Crippen LogP contribution is 2.27. The highest BCUT2D eigenvalue weighted by atomic mass is 35.5. The molecular formula is C14H17ClN4O3S. The van der Waals surface area contributed by atoms with E-state index in [4.69, 9.17) is 16.3 Å². The van der Waals surface area contributed by atoms with E-state index in [2.05, 4.69) is 10.4 Å². The zero-order valence-corrected chi connectivity index (χ0v) is 14.1. The highest BCUT2D eigenvalue weighted by molar-refractivity contribution is 7.89. The molecule has 1 saturated heterocycles. The van der Waals surface area contributed by atoms with Crippen LogP contribution in [-0.4, -0.2) is 55.8 Å². The molecule has 1 aliphatic rings. The largest absolute Gasteiger partial charge is 0.494 e. The minimum absolute atomic E-state index is 0.154. The smallest absolute Gasteiger partial charge is 0.246 e. The molecule has 0 bridgehead atoms. The van der Waals surface area contributed by atoms with Crippen LogP contribution in [0.4, 0.5) is 0 Å². The van der Waals surface area contributed by atoms with Gasteiger partial charge in [0.1, 0.15) is 16.3 Å².